The van der Waals surface area contributed by atoms with E-state index >= 15 is 0 Å². The van der Waals surface area contributed by atoms with Crippen LogP contribution in [-0.2, 0) is 13.0 Å². The third kappa shape index (κ3) is 8.24. The molecule has 0 fully saturated rings. The van der Waals surface area contributed by atoms with Gasteiger partial charge >= 0.3 is 6.61 Å². The lowest BCUT2D eigenvalue weighted by atomic mass is 10.1. The summed E-state index contributed by atoms with van der Waals surface area (Å²) in [5.41, 5.74) is 1.72. The van der Waals surface area contributed by atoms with Crippen LogP contribution in [-0.4, -0.2) is 37.8 Å². The predicted octanol–water partition coefficient (Wildman–Crippen LogP) is 3.61. The Hall–Kier alpha value is -2.17. The van der Waals surface area contributed by atoms with Crippen molar-refractivity contribution in [1.29, 1.82) is 0 Å². The number of halogens is 3. The van der Waals surface area contributed by atoms with Crippen molar-refractivity contribution in [3.8, 4) is 11.5 Å². The third-order valence-corrected chi connectivity index (χ3v) is 3.62. The highest BCUT2D eigenvalue weighted by atomic mass is 127. The highest BCUT2D eigenvalue weighted by molar-refractivity contribution is 14.0. The maximum absolute atomic E-state index is 12.5. The summed E-state index contributed by atoms with van der Waals surface area (Å²) in [6, 6.07) is 10.7. The second-order valence-electron chi connectivity index (χ2n) is 5.56. The second-order valence-corrected chi connectivity index (χ2v) is 5.56. The molecule has 0 saturated carbocycles. The largest absolute Gasteiger partial charge is 0.493 e. The van der Waals surface area contributed by atoms with E-state index < -0.39 is 6.61 Å². The number of alkyl halides is 2. The zero-order chi connectivity index (χ0) is 19.5. The van der Waals surface area contributed by atoms with Gasteiger partial charge in [0.1, 0.15) is 0 Å². The molecule has 1 heterocycles. The van der Waals surface area contributed by atoms with Gasteiger partial charge in [0.2, 0.25) is 0 Å². The lowest BCUT2D eigenvalue weighted by Crippen LogP contribution is -2.38. The van der Waals surface area contributed by atoms with Gasteiger partial charge in [-0.25, -0.2) is 4.99 Å². The fourth-order valence-corrected chi connectivity index (χ4v) is 2.38. The summed E-state index contributed by atoms with van der Waals surface area (Å²) in [5, 5.41) is 6.38. The number of hydrogen-bond acceptors (Lipinski definition) is 4. The van der Waals surface area contributed by atoms with E-state index in [0.29, 0.717) is 25.5 Å². The highest BCUT2D eigenvalue weighted by Gasteiger charge is 2.11. The van der Waals surface area contributed by atoms with E-state index in [9.17, 15) is 8.78 Å². The average molecular weight is 506 g/mol. The van der Waals surface area contributed by atoms with Crippen LogP contribution in [0.15, 0.2) is 47.6 Å². The smallest absolute Gasteiger partial charge is 0.387 e. The Kier molecular flexibility index (Phi) is 11.2. The van der Waals surface area contributed by atoms with Crippen molar-refractivity contribution >= 4 is 29.9 Å². The van der Waals surface area contributed by atoms with Gasteiger partial charge in [-0.3, -0.25) is 4.98 Å². The normalized spacial score (nSPS) is 11.0. The molecule has 1 aromatic heterocycles. The monoisotopic (exact) mass is 506 g/mol. The van der Waals surface area contributed by atoms with Crippen LogP contribution in [0.5, 0.6) is 11.5 Å². The number of methoxy groups -OCH3 is 1. The van der Waals surface area contributed by atoms with Gasteiger partial charge in [-0.1, -0.05) is 12.1 Å². The molecule has 2 N–H and O–H groups in total. The SMILES string of the molecule is CCNC(=NCc1ccccn1)NCCc1ccc(OC)c(OC(F)F)c1.I. The summed E-state index contributed by atoms with van der Waals surface area (Å²) in [7, 11) is 1.41. The lowest BCUT2D eigenvalue weighted by molar-refractivity contribution is -0.0512. The molecule has 6 nitrogen and oxygen atoms in total. The molecule has 0 aliphatic carbocycles. The Labute approximate surface area is 180 Å². The first kappa shape index (κ1) is 23.9. The van der Waals surface area contributed by atoms with Gasteiger partial charge in [0, 0.05) is 19.3 Å². The number of aliphatic imine (C=N–C) groups is 1. The van der Waals surface area contributed by atoms with Crippen molar-refractivity contribution in [2.24, 2.45) is 4.99 Å². The summed E-state index contributed by atoms with van der Waals surface area (Å²) in [6.45, 7) is 0.851. The molecule has 2 rings (SSSR count). The number of rotatable bonds is 9. The van der Waals surface area contributed by atoms with Crippen LogP contribution in [0, 0.1) is 0 Å². The Bertz CT molecular complexity index is 733. The van der Waals surface area contributed by atoms with E-state index in [1.54, 1.807) is 18.3 Å². The first-order valence-corrected chi connectivity index (χ1v) is 8.66. The molecule has 0 amide bonds. The Morgan fingerprint density at radius 3 is 2.64 bits per heavy atom. The molecule has 0 unspecified atom stereocenters. The topological polar surface area (TPSA) is 67.8 Å². The van der Waals surface area contributed by atoms with Crippen molar-refractivity contribution in [1.82, 2.24) is 15.6 Å². The van der Waals surface area contributed by atoms with Gasteiger partial charge in [0.05, 0.1) is 19.3 Å². The lowest BCUT2D eigenvalue weighted by Gasteiger charge is -2.13. The van der Waals surface area contributed by atoms with Crippen molar-refractivity contribution in [2.75, 3.05) is 20.2 Å². The Morgan fingerprint density at radius 1 is 1.18 bits per heavy atom. The van der Waals surface area contributed by atoms with E-state index in [1.807, 2.05) is 31.2 Å². The molecule has 9 heteroatoms. The zero-order valence-corrected chi connectivity index (χ0v) is 18.2. The van der Waals surface area contributed by atoms with Crippen LogP contribution >= 0.6 is 24.0 Å². The summed E-state index contributed by atoms with van der Waals surface area (Å²) < 4.78 is 34.6. The van der Waals surface area contributed by atoms with Crippen LogP contribution < -0.4 is 20.1 Å². The van der Waals surface area contributed by atoms with Crippen LogP contribution in [0.4, 0.5) is 8.78 Å². The maximum atomic E-state index is 12.5. The fraction of sp³-hybridized carbons (Fsp3) is 0.368. The Balaban J connectivity index is 0.00000392. The minimum Gasteiger partial charge on any atom is -0.493 e. The molecule has 0 atom stereocenters. The standard InChI is InChI=1S/C19H24F2N4O2.HI/c1-3-22-19(25-13-15-6-4-5-10-23-15)24-11-9-14-7-8-16(26-2)17(12-14)27-18(20)21;/h4-8,10,12,18H,3,9,11,13H2,1-2H3,(H2,22,24,25);1H. The zero-order valence-electron chi connectivity index (χ0n) is 15.8. The molecule has 2 aromatic rings. The summed E-state index contributed by atoms with van der Waals surface area (Å²) in [6.07, 6.45) is 2.34. The second kappa shape index (κ2) is 13.1. The molecular weight excluding hydrogens is 481 g/mol. The number of pyridine rings is 1. The maximum Gasteiger partial charge on any atom is 0.387 e. The minimum absolute atomic E-state index is 0. The van der Waals surface area contributed by atoms with Gasteiger partial charge in [-0.05, 0) is 43.2 Å². The van der Waals surface area contributed by atoms with Crippen LogP contribution in [0.3, 0.4) is 0 Å². The first-order valence-electron chi connectivity index (χ1n) is 8.66. The molecule has 0 aliphatic rings. The molecule has 0 aliphatic heterocycles. The van der Waals surface area contributed by atoms with Gasteiger partial charge < -0.3 is 20.1 Å². The number of hydrogen-bond donors (Lipinski definition) is 2. The molecule has 28 heavy (non-hydrogen) atoms. The van der Waals surface area contributed by atoms with E-state index in [2.05, 4.69) is 25.3 Å². The predicted molar refractivity (Wildman–Crippen MR) is 116 cm³/mol. The number of nitrogens with one attached hydrogen (secondary N) is 2. The molecule has 0 spiro atoms. The summed E-state index contributed by atoms with van der Waals surface area (Å²) in [5.74, 6) is 0.971. The van der Waals surface area contributed by atoms with Crippen molar-refractivity contribution < 1.29 is 18.3 Å². The molecule has 0 bridgehead atoms. The van der Waals surface area contributed by atoms with Crippen LogP contribution in [0.25, 0.3) is 0 Å². The van der Waals surface area contributed by atoms with Gasteiger partial charge in [-0.2, -0.15) is 8.78 Å². The molecule has 1 aromatic carbocycles. The number of nitrogens with zero attached hydrogens (tertiary/aromatic N) is 2. The van der Waals surface area contributed by atoms with E-state index in [4.69, 9.17) is 4.74 Å². The van der Waals surface area contributed by atoms with Gasteiger partial charge in [0.25, 0.3) is 0 Å². The molecule has 0 saturated heterocycles. The van der Waals surface area contributed by atoms with Crippen LogP contribution in [0.1, 0.15) is 18.2 Å². The van der Waals surface area contributed by atoms with Gasteiger partial charge in [-0.15, -0.1) is 24.0 Å². The quantitative estimate of drug-likeness (QED) is 0.309. The fourth-order valence-electron chi connectivity index (χ4n) is 2.38. The average Bonchev–Trinajstić information content (AvgIpc) is 2.66. The van der Waals surface area contributed by atoms with E-state index in [1.165, 1.54) is 7.11 Å². The van der Waals surface area contributed by atoms with Crippen molar-refractivity contribution in [3.63, 3.8) is 0 Å². The minimum atomic E-state index is -2.90. The summed E-state index contributed by atoms with van der Waals surface area (Å²) in [4.78, 5) is 8.73. The number of aromatic nitrogens is 1. The summed E-state index contributed by atoms with van der Waals surface area (Å²) >= 11 is 0. The van der Waals surface area contributed by atoms with Crippen molar-refractivity contribution in [3.05, 3.63) is 53.9 Å². The number of guanidine groups is 1. The number of ether oxygens (including phenoxy) is 2. The number of benzene rings is 1. The van der Waals surface area contributed by atoms with E-state index in [0.717, 1.165) is 17.8 Å². The highest BCUT2D eigenvalue weighted by Crippen LogP contribution is 2.29. The molecule has 154 valence electrons. The molecular formula is C19H25F2IN4O2. The first-order chi connectivity index (χ1) is 13.1. The van der Waals surface area contributed by atoms with Crippen LogP contribution in [0.2, 0.25) is 0 Å². The van der Waals surface area contributed by atoms with E-state index in [-0.39, 0.29) is 35.5 Å². The Morgan fingerprint density at radius 2 is 2.00 bits per heavy atom. The molecule has 0 radical (unpaired) electrons. The van der Waals surface area contributed by atoms with Crippen molar-refractivity contribution in [2.45, 2.75) is 26.5 Å². The third-order valence-electron chi connectivity index (χ3n) is 3.62. The van der Waals surface area contributed by atoms with Gasteiger partial charge in [0.15, 0.2) is 17.5 Å².